The van der Waals surface area contributed by atoms with Crippen molar-refractivity contribution in [1.82, 2.24) is 0 Å². The Kier molecular flexibility index (Phi) is 9.30. The van der Waals surface area contributed by atoms with E-state index in [1.807, 2.05) is 20.8 Å². The Hall–Kier alpha value is -1.92. The lowest BCUT2D eigenvalue weighted by atomic mass is 9.84. The summed E-state index contributed by atoms with van der Waals surface area (Å²) in [7, 11) is 0. The van der Waals surface area contributed by atoms with Crippen molar-refractivity contribution in [2.24, 2.45) is 10.8 Å². The fourth-order valence-electron chi connectivity index (χ4n) is 2.54. The first kappa shape index (κ1) is 25.1. The molecule has 0 spiro atoms. The maximum Gasteiger partial charge on any atom is 0.338 e. The molecule has 6 nitrogen and oxygen atoms in total. The molecule has 6 heteroatoms. The first-order valence-corrected chi connectivity index (χ1v) is 10.2. The van der Waals surface area contributed by atoms with Crippen LogP contribution in [0.15, 0.2) is 24.3 Å². The molecule has 0 saturated carbocycles. The van der Waals surface area contributed by atoms with Crippen LogP contribution in [0.2, 0.25) is 0 Å². The van der Waals surface area contributed by atoms with E-state index in [9.17, 15) is 19.8 Å². The van der Waals surface area contributed by atoms with Crippen LogP contribution in [0, 0.1) is 10.8 Å². The number of benzene rings is 1. The van der Waals surface area contributed by atoms with E-state index in [4.69, 9.17) is 9.47 Å². The SMILES string of the molecule is CCC(C)(C)CC(O)COC(=O)c1ccc(C(=O)OCC(O)C(C)(C)CC)cc1. The highest BCUT2D eigenvalue weighted by Gasteiger charge is 2.27. The number of carbonyl (C=O) groups excluding carboxylic acids is 2. The molecular formula is C23H36O6. The molecule has 2 N–H and O–H groups in total. The van der Waals surface area contributed by atoms with Crippen molar-refractivity contribution >= 4 is 11.9 Å². The molecule has 2 atom stereocenters. The zero-order valence-corrected chi connectivity index (χ0v) is 18.5. The van der Waals surface area contributed by atoms with Gasteiger partial charge in [-0.15, -0.1) is 0 Å². The van der Waals surface area contributed by atoms with E-state index in [-0.39, 0.29) is 35.2 Å². The van der Waals surface area contributed by atoms with E-state index in [0.717, 1.165) is 12.8 Å². The quantitative estimate of drug-likeness (QED) is 0.538. The van der Waals surface area contributed by atoms with Crippen LogP contribution in [-0.4, -0.2) is 47.6 Å². The van der Waals surface area contributed by atoms with Gasteiger partial charge in [-0.3, -0.25) is 0 Å². The third kappa shape index (κ3) is 8.15. The molecule has 0 saturated heterocycles. The molecule has 0 aliphatic rings. The summed E-state index contributed by atoms with van der Waals surface area (Å²) >= 11 is 0. The third-order valence-corrected chi connectivity index (χ3v) is 5.69. The first-order valence-electron chi connectivity index (χ1n) is 10.2. The number of aliphatic hydroxyl groups is 2. The molecule has 0 fully saturated rings. The maximum atomic E-state index is 12.1. The predicted octanol–water partition coefficient (Wildman–Crippen LogP) is 3.98. The second-order valence-electron chi connectivity index (χ2n) is 9.01. The van der Waals surface area contributed by atoms with Gasteiger partial charge in [0.25, 0.3) is 0 Å². The van der Waals surface area contributed by atoms with Gasteiger partial charge in [-0.1, -0.05) is 48.0 Å². The van der Waals surface area contributed by atoms with E-state index in [2.05, 4.69) is 20.8 Å². The van der Waals surface area contributed by atoms with E-state index in [1.54, 1.807) is 0 Å². The Morgan fingerprint density at radius 1 is 0.862 bits per heavy atom. The fourth-order valence-corrected chi connectivity index (χ4v) is 2.54. The molecule has 0 radical (unpaired) electrons. The van der Waals surface area contributed by atoms with Gasteiger partial charge in [0.15, 0.2) is 0 Å². The molecule has 0 amide bonds. The number of esters is 2. The highest BCUT2D eigenvalue weighted by Crippen LogP contribution is 2.26. The van der Waals surface area contributed by atoms with Crippen molar-refractivity contribution < 1.29 is 29.3 Å². The molecule has 1 rings (SSSR count). The summed E-state index contributed by atoms with van der Waals surface area (Å²) in [6, 6.07) is 5.92. The minimum absolute atomic E-state index is 0.0201. The Labute approximate surface area is 174 Å². The van der Waals surface area contributed by atoms with Crippen molar-refractivity contribution in [3.63, 3.8) is 0 Å². The Morgan fingerprint density at radius 3 is 1.72 bits per heavy atom. The van der Waals surface area contributed by atoms with Gasteiger partial charge in [0, 0.05) is 0 Å². The zero-order chi connectivity index (χ0) is 22.2. The van der Waals surface area contributed by atoms with Gasteiger partial charge in [-0.05, 0) is 47.9 Å². The zero-order valence-electron chi connectivity index (χ0n) is 18.5. The van der Waals surface area contributed by atoms with Gasteiger partial charge in [0.05, 0.1) is 23.3 Å². The molecule has 0 heterocycles. The van der Waals surface area contributed by atoms with Gasteiger partial charge in [0.2, 0.25) is 0 Å². The van der Waals surface area contributed by atoms with Crippen LogP contribution in [0.5, 0.6) is 0 Å². The molecule has 164 valence electrons. The maximum absolute atomic E-state index is 12.1. The summed E-state index contributed by atoms with van der Waals surface area (Å²) in [6.07, 6.45) is 0.745. The molecule has 1 aromatic carbocycles. The highest BCUT2D eigenvalue weighted by atomic mass is 16.5. The number of ether oxygens (including phenoxy) is 2. The fraction of sp³-hybridized carbons (Fsp3) is 0.652. The second-order valence-corrected chi connectivity index (χ2v) is 9.01. The second kappa shape index (κ2) is 10.7. The summed E-state index contributed by atoms with van der Waals surface area (Å²) in [5.74, 6) is -1.12. The van der Waals surface area contributed by atoms with E-state index >= 15 is 0 Å². The highest BCUT2D eigenvalue weighted by molar-refractivity contribution is 5.93. The molecular weight excluding hydrogens is 372 g/mol. The topological polar surface area (TPSA) is 93.1 Å². The van der Waals surface area contributed by atoms with Gasteiger partial charge >= 0.3 is 11.9 Å². The standard InChI is InChI=1S/C23H36O6/c1-7-22(3,4)13-18(24)14-28-20(26)16-9-11-17(12-10-16)21(27)29-15-19(25)23(5,6)8-2/h9-12,18-19,24-25H,7-8,13-15H2,1-6H3. The van der Waals surface area contributed by atoms with Gasteiger partial charge < -0.3 is 19.7 Å². The lowest BCUT2D eigenvalue weighted by molar-refractivity contribution is -0.0179. The third-order valence-electron chi connectivity index (χ3n) is 5.69. The number of hydrogen-bond donors (Lipinski definition) is 2. The summed E-state index contributed by atoms with van der Waals surface area (Å²) in [5.41, 5.74) is 0.210. The first-order chi connectivity index (χ1) is 13.4. The molecule has 0 bridgehead atoms. The van der Waals surface area contributed by atoms with Crippen molar-refractivity contribution in [3.05, 3.63) is 35.4 Å². The van der Waals surface area contributed by atoms with Crippen LogP contribution in [0.25, 0.3) is 0 Å². The van der Waals surface area contributed by atoms with Crippen molar-refractivity contribution in [2.75, 3.05) is 13.2 Å². The largest absolute Gasteiger partial charge is 0.459 e. The average molecular weight is 409 g/mol. The monoisotopic (exact) mass is 408 g/mol. The van der Waals surface area contributed by atoms with E-state index in [0.29, 0.717) is 6.42 Å². The summed E-state index contributed by atoms with van der Waals surface area (Å²) in [5, 5.41) is 20.2. The molecule has 2 unspecified atom stereocenters. The van der Waals surface area contributed by atoms with Crippen LogP contribution in [-0.2, 0) is 9.47 Å². The van der Waals surface area contributed by atoms with Gasteiger partial charge in [-0.2, -0.15) is 0 Å². The Morgan fingerprint density at radius 2 is 1.31 bits per heavy atom. The molecule has 0 aliphatic carbocycles. The minimum Gasteiger partial charge on any atom is -0.459 e. The summed E-state index contributed by atoms with van der Waals surface area (Å²) in [4.78, 5) is 24.3. The van der Waals surface area contributed by atoms with E-state index in [1.165, 1.54) is 24.3 Å². The van der Waals surface area contributed by atoms with Crippen LogP contribution in [0.1, 0.15) is 81.5 Å². The Balaban J connectivity index is 2.56. The van der Waals surface area contributed by atoms with Crippen LogP contribution in [0.4, 0.5) is 0 Å². The number of hydrogen-bond acceptors (Lipinski definition) is 6. The minimum atomic E-state index is -0.755. The molecule has 29 heavy (non-hydrogen) atoms. The van der Waals surface area contributed by atoms with Crippen LogP contribution in [0.3, 0.4) is 0 Å². The Bertz CT molecular complexity index is 662. The van der Waals surface area contributed by atoms with E-state index < -0.39 is 24.1 Å². The van der Waals surface area contributed by atoms with Crippen molar-refractivity contribution in [3.8, 4) is 0 Å². The smallest absolute Gasteiger partial charge is 0.338 e. The lowest BCUT2D eigenvalue weighted by Crippen LogP contribution is -2.33. The summed E-state index contributed by atoms with van der Waals surface area (Å²) in [6.45, 7) is 11.8. The van der Waals surface area contributed by atoms with Gasteiger partial charge in [0.1, 0.15) is 13.2 Å². The number of aliphatic hydroxyl groups excluding tert-OH is 2. The molecule has 1 aromatic rings. The van der Waals surface area contributed by atoms with Crippen LogP contribution < -0.4 is 0 Å². The van der Waals surface area contributed by atoms with Crippen LogP contribution >= 0.6 is 0 Å². The lowest BCUT2D eigenvalue weighted by Gasteiger charge is -2.28. The number of rotatable bonds is 11. The van der Waals surface area contributed by atoms with Crippen molar-refractivity contribution in [1.29, 1.82) is 0 Å². The molecule has 0 aromatic heterocycles. The predicted molar refractivity (Wildman–Crippen MR) is 112 cm³/mol. The number of carbonyl (C=O) groups is 2. The summed E-state index contributed by atoms with van der Waals surface area (Å²) < 4.78 is 10.3. The van der Waals surface area contributed by atoms with Gasteiger partial charge in [-0.25, -0.2) is 9.59 Å². The molecule has 0 aliphatic heterocycles. The van der Waals surface area contributed by atoms with Crippen molar-refractivity contribution in [2.45, 2.75) is 73.0 Å². The average Bonchev–Trinajstić information content (AvgIpc) is 2.69. The normalized spacial score (nSPS) is 14.2.